The lowest BCUT2D eigenvalue weighted by atomic mass is 10.00. The summed E-state index contributed by atoms with van der Waals surface area (Å²) in [7, 11) is 0. The van der Waals surface area contributed by atoms with E-state index in [-0.39, 0.29) is 0 Å². The lowest BCUT2D eigenvalue weighted by molar-refractivity contribution is -1.04. The zero-order valence-corrected chi connectivity index (χ0v) is 7.51. The van der Waals surface area contributed by atoms with E-state index in [1.165, 1.54) is 25.5 Å². The van der Waals surface area contributed by atoms with E-state index in [1.807, 2.05) is 0 Å². The Balaban J connectivity index is 3.15. The average Bonchev–Trinajstić information content (AvgIpc) is 2.01. The minimum absolute atomic E-state index is 0.723. The molecule has 2 heteroatoms. The summed E-state index contributed by atoms with van der Waals surface area (Å²) in [4.78, 5) is 0. The van der Waals surface area contributed by atoms with Crippen molar-refractivity contribution in [3.05, 3.63) is 0 Å². The van der Waals surface area contributed by atoms with Gasteiger partial charge in [0.15, 0.2) is 0 Å². The van der Waals surface area contributed by atoms with Crippen LogP contribution in [0.4, 0.5) is 0 Å². The fourth-order valence-electron chi connectivity index (χ4n) is 1.10. The zero-order chi connectivity index (χ0) is 8.53. The number of aldehydes is 1. The SMILES string of the molecule is CCCCC(C)CCC=[O+][O-]. The van der Waals surface area contributed by atoms with Crippen LogP contribution in [0.3, 0.4) is 0 Å². The van der Waals surface area contributed by atoms with E-state index in [0.29, 0.717) is 0 Å². The maximum atomic E-state index is 9.57. The van der Waals surface area contributed by atoms with Crippen LogP contribution in [-0.2, 0) is 4.58 Å². The van der Waals surface area contributed by atoms with Crippen LogP contribution < -0.4 is 5.26 Å². The Morgan fingerprint density at radius 3 is 2.73 bits per heavy atom. The first-order valence-corrected chi connectivity index (χ1v) is 4.41. The van der Waals surface area contributed by atoms with E-state index in [0.717, 1.165) is 18.8 Å². The maximum absolute atomic E-state index is 9.57. The monoisotopic (exact) mass is 158 g/mol. The van der Waals surface area contributed by atoms with Crippen molar-refractivity contribution in [1.29, 1.82) is 0 Å². The van der Waals surface area contributed by atoms with Gasteiger partial charge in [-0.3, -0.25) is 0 Å². The predicted octanol–water partition coefficient (Wildman–Crippen LogP) is 1.60. The molecule has 0 spiro atoms. The molecule has 0 N–H and O–H groups in total. The normalized spacial score (nSPS) is 14.0. The van der Waals surface area contributed by atoms with Crippen molar-refractivity contribution in [1.82, 2.24) is 0 Å². The van der Waals surface area contributed by atoms with Crippen molar-refractivity contribution in [3.8, 4) is 0 Å². The largest absolute Gasteiger partial charge is 0.463 e. The van der Waals surface area contributed by atoms with Crippen molar-refractivity contribution in [2.75, 3.05) is 0 Å². The molecule has 0 aromatic heterocycles. The van der Waals surface area contributed by atoms with Crippen molar-refractivity contribution in [2.24, 2.45) is 5.92 Å². The van der Waals surface area contributed by atoms with Gasteiger partial charge in [-0.15, -0.1) is 0 Å². The molecule has 0 saturated carbocycles. The van der Waals surface area contributed by atoms with Crippen LogP contribution >= 0.6 is 0 Å². The van der Waals surface area contributed by atoms with Gasteiger partial charge in [0.2, 0.25) is 0 Å². The van der Waals surface area contributed by atoms with E-state index in [2.05, 4.69) is 18.4 Å². The lowest BCUT2D eigenvalue weighted by Crippen LogP contribution is -2.00. The summed E-state index contributed by atoms with van der Waals surface area (Å²) in [5.74, 6) is 0.723. The average molecular weight is 158 g/mol. The standard InChI is InChI=1S/C9H18O2/c1-3-4-6-9(2)7-5-8-11-10/h8-9H,3-7H2,1-2H3. The molecule has 66 valence electrons. The molecule has 2 nitrogen and oxygen atoms in total. The van der Waals surface area contributed by atoms with Gasteiger partial charge in [-0.05, 0) is 12.3 Å². The molecule has 1 atom stereocenters. The van der Waals surface area contributed by atoms with Crippen LogP contribution in [-0.4, -0.2) is 6.29 Å². The van der Waals surface area contributed by atoms with Gasteiger partial charge in [0, 0.05) is 0 Å². The molecular formula is C9H18O2. The number of rotatable bonds is 6. The second-order valence-electron chi connectivity index (χ2n) is 3.09. The molecule has 0 aliphatic heterocycles. The molecule has 0 rings (SSSR count). The quantitative estimate of drug-likeness (QED) is 0.250. The highest BCUT2D eigenvalue weighted by Gasteiger charge is 2.01. The van der Waals surface area contributed by atoms with E-state index < -0.39 is 0 Å². The molecule has 0 fully saturated rings. The molecule has 0 saturated heterocycles. The van der Waals surface area contributed by atoms with Gasteiger partial charge in [-0.2, -0.15) is 4.58 Å². The molecule has 0 aromatic rings. The topological polar surface area (TPSA) is 34.4 Å². The Hall–Kier alpha value is -0.530. The van der Waals surface area contributed by atoms with Gasteiger partial charge in [0.05, 0.1) is 6.42 Å². The van der Waals surface area contributed by atoms with Gasteiger partial charge < -0.3 is 5.26 Å². The Kier molecular flexibility index (Phi) is 7.21. The number of hydrogen-bond acceptors (Lipinski definition) is 1. The first kappa shape index (κ1) is 10.5. The molecule has 0 aliphatic rings. The Morgan fingerprint density at radius 1 is 1.45 bits per heavy atom. The molecule has 1 unspecified atom stereocenters. The van der Waals surface area contributed by atoms with Crippen molar-refractivity contribution in [3.63, 3.8) is 0 Å². The van der Waals surface area contributed by atoms with Gasteiger partial charge in [0.25, 0.3) is 0 Å². The van der Waals surface area contributed by atoms with Gasteiger partial charge in [0.1, 0.15) is 0 Å². The third-order valence-electron chi connectivity index (χ3n) is 1.90. The Bertz CT molecular complexity index is 99.7. The first-order valence-electron chi connectivity index (χ1n) is 4.41. The highest BCUT2D eigenvalue weighted by Crippen LogP contribution is 2.12. The van der Waals surface area contributed by atoms with Crippen LogP contribution in [0.15, 0.2) is 0 Å². The molecule has 0 heterocycles. The smallest absolute Gasteiger partial charge is 0.318 e. The minimum Gasteiger partial charge on any atom is -0.463 e. The van der Waals surface area contributed by atoms with Crippen LogP contribution in [0.2, 0.25) is 0 Å². The second kappa shape index (κ2) is 7.58. The maximum Gasteiger partial charge on any atom is 0.318 e. The van der Waals surface area contributed by atoms with Crippen LogP contribution in [0.1, 0.15) is 46.0 Å². The van der Waals surface area contributed by atoms with E-state index in [1.54, 1.807) is 0 Å². The van der Waals surface area contributed by atoms with E-state index >= 15 is 0 Å². The summed E-state index contributed by atoms with van der Waals surface area (Å²) < 4.78 is 3.62. The zero-order valence-electron chi connectivity index (χ0n) is 7.51. The number of carbonyl (C=O) groups excluding carboxylic acids is 1. The Morgan fingerprint density at radius 2 is 2.18 bits per heavy atom. The molecule has 0 radical (unpaired) electrons. The summed E-state index contributed by atoms with van der Waals surface area (Å²) in [5, 5.41) is 9.57. The van der Waals surface area contributed by atoms with Crippen LogP contribution in [0, 0.1) is 5.92 Å². The third kappa shape index (κ3) is 7.37. The highest BCUT2D eigenvalue weighted by atomic mass is 17.1. The molecule has 11 heavy (non-hydrogen) atoms. The Labute approximate surface area is 68.9 Å². The van der Waals surface area contributed by atoms with Crippen LogP contribution in [0.5, 0.6) is 0 Å². The summed E-state index contributed by atoms with van der Waals surface area (Å²) >= 11 is 0. The van der Waals surface area contributed by atoms with Gasteiger partial charge in [-0.25, -0.2) is 0 Å². The van der Waals surface area contributed by atoms with E-state index in [4.69, 9.17) is 0 Å². The van der Waals surface area contributed by atoms with Gasteiger partial charge >= 0.3 is 6.29 Å². The molecule has 0 bridgehead atoms. The van der Waals surface area contributed by atoms with Gasteiger partial charge in [-0.1, -0.05) is 33.1 Å². The number of unbranched alkanes of at least 4 members (excludes halogenated alkanes) is 1. The predicted molar refractivity (Wildman–Crippen MR) is 44.0 cm³/mol. The lowest BCUT2D eigenvalue weighted by Gasteiger charge is -2.06. The fraction of sp³-hybridized carbons (Fsp3) is 0.889. The summed E-state index contributed by atoms with van der Waals surface area (Å²) in [5.41, 5.74) is 0. The summed E-state index contributed by atoms with van der Waals surface area (Å²) in [6.45, 7) is 4.41. The van der Waals surface area contributed by atoms with E-state index in [9.17, 15) is 5.26 Å². The summed E-state index contributed by atoms with van der Waals surface area (Å²) in [6, 6.07) is 0. The third-order valence-corrected chi connectivity index (χ3v) is 1.90. The van der Waals surface area contributed by atoms with Crippen molar-refractivity contribution < 1.29 is 9.83 Å². The molecule has 0 aromatic carbocycles. The molecule has 0 aliphatic carbocycles. The number of hydrogen-bond donors (Lipinski definition) is 0. The molecule has 0 amide bonds. The first-order chi connectivity index (χ1) is 5.31. The molecular weight excluding hydrogens is 140 g/mol. The minimum atomic E-state index is 0.723. The second-order valence-corrected chi connectivity index (χ2v) is 3.09. The fourth-order valence-corrected chi connectivity index (χ4v) is 1.10. The van der Waals surface area contributed by atoms with Crippen molar-refractivity contribution in [2.45, 2.75) is 46.0 Å². The highest BCUT2D eigenvalue weighted by molar-refractivity contribution is 5.49. The summed E-state index contributed by atoms with van der Waals surface area (Å²) in [6.07, 6.45) is 7.01. The van der Waals surface area contributed by atoms with Crippen LogP contribution in [0.25, 0.3) is 0 Å². The van der Waals surface area contributed by atoms with Crippen molar-refractivity contribution >= 4 is 6.29 Å².